The number of hydrogen-bond acceptors (Lipinski definition) is 8. The van der Waals surface area contributed by atoms with Gasteiger partial charge in [-0.25, -0.2) is 9.37 Å². The van der Waals surface area contributed by atoms with Gasteiger partial charge in [0, 0.05) is 78.1 Å². The van der Waals surface area contributed by atoms with Gasteiger partial charge in [0.1, 0.15) is 11.3 Å². The molecule has 1 saturated carbocycles. The molecule has 1 aromatic heterocycles. The SMILES string of the molecule is C=CC(=O)Nc1cccc(NC(C)(C)C)c1.CC(C)(C)NC1CC1.CC(C)(C)NC1CCOCC1.CNC(=O)c1ccccc1NC(C)C.Cc1nc2c(F)cc(C(C)(C)C)cc2n1C(C)C. The first-order valence-electron chi connectivity index (χ1n) is 24.1. The lowest BCUT2D eigenvalue weighted by Crippen LogP contribution is -2.46. The molecule has 2 amide bonds. The van der Waals surface area contributed by atoms with Gasteiger partial charge in [0.25, 0.3) is 5.91 Å². The van der Waals surface area contributed by atoms with Gasteiger partial charge in [-0.2, -0.15) is 0 Å². The standard InChI is InChI=1S/C15H21FN2.C13H18N2O.C11H16N2O.C9H19NO.C7H15N/c1-9(2)18-10(3)17-14-12(16)7-11(8-13(14)18)15(4,5)6;1-5-12(16)14-10-7-6-8-11(9-10)15-13(2,3)4;1-8(2)13-10-7-5-4-6-9(10)11(14)12-3;1-9(2,3)10-8-4-6-11-7-5-8;1-7(2,3)8-6-4-5-6/h7-9H,1-6H3;5-9,15H,1H2,2-4H3,(H,14,16);4-8,13H,1-3H3,(H,12,14);8,10H,4-7H2,1-3H3;6,8H,4-5H2,1-3H3. The van der Waals surface area contributed by atoms with E-state index in [1.54, 1.807) is 13.1 Å². The summed E-state index contributed by atoms with van der Waals surface area (Å²) in [6.45, 7) is 41.3. The van der Waals surface area contributed by atoms with Crippen molar-refractivity contribution in [2.45, 2.75) is 190 Å². The third kappa shape index (κ3) is 23.2. The molecule has 11 nitrogen and oxygen atoms in total. The quantitative estimate of drug-likeness (QED) is 0.0915. The van der Waals surface area contributed by atoms with Crippen LogP contribution in [-0.4, -0.2) is 76.4 Å². The van der Waals surface area contributed by atoms with Crippen molar-refractivity contribution in [3.63, 3.8) is 0 Å². The van der Waals surface area contributed by atoms with Crippen molar-refractivity contribution < 1.29 is 18.7 Å². The summed E-state index contributed by atoms with van der Waals surface area (Å²) in [6.07, 6.45) is 6.35. The molecular weight excluding hydrogens is 840 g/mol. The van der Waals surface area contributed by atoms with E-state index in [9.17, 15) is 14.0 Å². The van der Waals surface area contributed by atoms with Crippen LogP contribution in [0.3, 0.4) is 0 Å². The zero-order valence-corrected chi connectivity index (χ0v) is 44.6. The van der Waals surface area contributed by atoms with Crippen molar-refractivity contribution in [1.29, 1.82) is 0 Å². The van der Waals surface area contributed by atoms with E-state index >= 15 is 0 Å². The molecule has 67 heavy (non-hydrogen) atoms. The fraction of sp³-hybridized carbons (Fsp3) is 0.582. The number of aromatic nitrogens is 2. The van der Waals surface area contributed by atoms with Crippen LogP contribution in [0.4, 0.5) is 21.5 Å². The number of benzene rings is 3. The van der Waals surface area contributed by atoms with Crippen LogP contribution in [0.15, 0.2) is 73.3 Å². The first-order chi connectivity index (χ1) is 30.9. The van der Waals surface area contributed by atoms with Crippen molar-refractivity contribution in [2.24, 2.45) is 0 Å². The average molecular weight is 929 g/mol. The highest BCUT2D eigenvalue weighted by Crippen LogP contribution is 2.30. The zero-order chi connectivity index (χ0) is 50.9. The molecule has 1 aliphatic heterocycles. The van der Waals surface area contributed by atoms with Gasteiger partial charge in [0.15, 0.2) is 5.82 Å². The summed E-state index contributed by atoms with van der Waals surface area (Å²) in [5.74, 6) is 0.381. The topological polar surface area (TPSA) is 133 Å². The Hall–Kier alpha value is -4.78. The first kappa shape index (κ1) is 58.3. The maximum atomic E-state index is 14.2. The molecule has 374 valence electrons. The molecule has 1 aliphatic carbocycles. The third-order valence-corrected chi connectivity index (χ3v) is 10.1. The fourth-order valence-electron chi connectivity index (χ4n) is 7.20. The molecule has 0 spiro atoms. The Kier molecular flexibility index (Phi) is 22.7. The van der Waals surface area contributed by atoms with E-state index in [4.69, 9.17) is 4.74 Å². The third-order valence-electron chi connectivity index (χ3n) is 10.1. The second-order valence-corrected chi connectivity index (χ2v) is 22.2. The molecule has 2 heterocycles. The maximum absolute atomic E-state index is 14.2. The van der Waals surface area contributed by atoms with Crippen LogP contribution in [0.25, 0.3) is 11.0 Å². The Morgan fingerprint density at radius 1 is 0.776 bits per heavy atom. The number of amides is 2. The van der Waals surface area contributed by atoms with E-state index in [1.165, 1.54) is 18.9 Å². The second-order valence-electron chi connectivity index (χ2n) is 22.2. The number of ether oxygens (including phenoxy) is 1. The molecule has 2 aliphatic rings. The van der Waals surface area contributed by atoms with Crippen LogP contribution in [-0.2, 0) is 14.9 Å². The largest absolute Gasteiger partial charge is 0.382 e. The first-order valence-corrected chi connectivity index (χ1v) is 24.1. The average Bonchev–Trinajstić information content (AvgIpc) is 3.93. The van der Waals surface area contributed by atoms with Gasteiger partial charge in [-0.3, -0.25) is 9.59 Å². The van der Waals surface area contributed by atoms with Crippen molar-refractivity contribution in [3.05, 3.63) is 96.1 Å². The Balaban J connectivity index is 0.000000294. The highest BCUT2D eigenvalue weighted by molar-refractivity contribution is 5.99. The van der Waals surface area contributed by atoms with Crippen LogP contribution in [0, 0.1) is 12.7 Å². The van der Waals surface area contributed by atoms with Crippen LogP contribution in [0.1, 0.15) is 164 Å². The maximum Gasteiger partial charge on any atom is 0.253 e. The number of carbonyl (C=O) groups excluding carboxylic acids is 2. The van der Waals surface area contributed by atoms with Crippen molar-refractivity contribution in [1.82, 2.24) is 25.5 Å². The Labute approximate surface area is 404 Å². The van der Waals surface area contributed by atoms with Crippen molar-refractivity contribution >= 4 is 39.9 Å². The van der Waals surface area contributed by atoms with Crippen molar-refractivity contribution in [2.75, 3.05) is 36.2 Å². The lowest BCUT2D eigenvalue weighted by Gasteiger charge is -2.31. The Morgan fingerprint density at radius 3 is 1.81 bits per heavy atom. The number of nitrogens with zero attached hydrogens (tertiary/aromatic N) is 2. The highest BCUT2D eigenvalue weighted by Gasteiger charge is 2.26. The molecule has 0 unspecified atom stereocenters. The van der Waals surface area contributed by atoms with E-state index in [-0.39, 0.29) is 40.2 Å². The molecule has 1 saturated heterocycles. The number of fused-ring (bicyclic) bond motifs is 1. The number of rotatable bonds is 9. The lowest BCUT2D eigenvalue weighted by atomic mass is 9.87. The fourth-order valence-corrected chi connectivity index (χ4v) is 7.20. The number of halogens is 1. The van der Waals surface area contributed by atoms with E-state index in [0.717, 1.165) is 66.1 Å². The van der Waals surface area contributed by atoms with E-state index < -0.39 is 0 Å². The van der Waals surface area contributed by atoms with Crippen molar-refractivity contribution in [3.8, 4) is 0 Å². The molecular formula is C55H89FN8O3. The molecule has 3 aromatic carbocycles. The van der Waals surface area contributed by atoms with Gasteiger partial charge in [-0.15, -0.1) is 0 Å². The molecule has 4 aromatic rings. The molecule has 2 fully saturated rings. The van der Waals surface area contributed by atoms with Gasteiger partial charge in [0.2, 0.25) is 5.91 Å². The van der Waals surface area contributed by atoms with Gasteiger partial charge >= 0.3 is 0 Å². The normalized spacial score (nSPS) is 14.2. The smallest absolute Gasteiger partial charge is 0.253 e. The number of imidazole rings is 1. The number of nitrogens with one attached hydrogen (secondary N) is 6. The summed E-state index contributed by atoms with van der Waals surface area (Å²) >= 11 is 0. The minimum atomic E-state index is -0.222. The molecule has 6 N–H and O–H groups in total. The van der Waals surface area contributed by atoms with Crippen LogP contribution in [0.2, 0.25) is 0 Å². The molecule has 12 heteroatoms. The summed E-state index contributed by atoms with van der Waals surface area (Å²) in [4.78, 5) is 26.9. The van der Waals surface area contributed by atoms with Crippen LogP contribution >= 0.6 is 0 Å². The van der Waals surface area contributed by atoms with Gasteiger partial charge in [-0.05, 0) is 182 Å². The highest BCUT2D eigenvalue weighted by atomic mass is 19.1. The van der Waals surface area contributed by atoms with E-state index in [0.29, 0.717) is 28.7 Å². The Bertz CT molecular complexity index is 2140. The monoisotopic (exact) mass is 929 g/mol. The number of aryl methyl sites for hydroxylation is 1. The minimum Gasteiger partial charge on any atom is -0.382 e. The van der Waals surface area contributed by atoms with Crippen LogP contribution < -0.4 is 31.9 Å². The predicted octanol–water partition coefficient (Wildman–Crippen LogP) is 12.3. The lowest BCUT2D eigenvalue weighted by molar-refractivity contribution is -0.111. The number of para-hydroxylation sites is 1. The number of carbonyl (C=O) groups is 2. The zero-order valence-electron chi connectivity index (χ0n) is 44.6. The molecule has 0 radical (unpaired) electrons. The van der Waals surface area contributed by atoms with E-state index in [2.05, 4.69) is 151 Å². The van der Waals surface area contributed by atoms with Gasteiger partial charge in [0.05, 0.1) is 11.1 Å². The summed E-state index contributed by atoms with van der Waals surface area (Å²) in [6, 6.07) is 20.9. The summed E-state index contributed by atoms with van der Waals surface area (Å²) in [7, 11) is 1.63. The summed E-state index contributed by atoms with van der Waals surface area (Å²) in [5, 5.41) is 19.0. The number of anilines is 3. The molecule has 6 rings (SSSR count). The summed E-state index contributed by atoms with van der Waals surface area (Å²) in [5.41, 5.74) is 6.22. The van der Waals surface area contributed by atoms with Crippen LogP contribution in [0.5, 0.6) is 0 Å². The number of hydrogen-bond donors (Lipinski definition) is 6. The molecule has 0 bridgehead atoms. The van der Waals surface area contributed by atoms with Gasteiger partial charge < -0.3 is 41.2 Å². The second kappa shape index (κ2) is 26.1. The Morgan fingerprint density at radius 2 is 1.33 bits per heavy atom. The predicted molar refractivity (Wildman–Crippen MR) is 283 cm³/mol. The molecule has 0 atom stereocenters. The minimum absolute atomic E-state index is 0.00106. The van der Waals surface area contributed by atoms with Gasteiger partial charge in [-0.1, -0.05) is 45.5 Å². The van der Waals surface area contributed by atoms with E-state index in [1.807, 2.05) is 69.3 Å². The summed E-state index contributed by atoms with van der Waals surface area (Å²) < 4.78 is 21.5.